The second kappa shape index (κ2) is 6.95. The number of benzene rings is 1. The van der Waals surface area contributed by atoms with Gasteiger partial charge in [0.25, 0.3) is 0 Å². The highest BCUT2D eigenvalue weighted by atomic mass is 32.1. The van der Waals surface area contributed by atoms with Gasteiger partial charge in [-0.05, 0) is 36.5 Å². The molecule has 1 saturated heterocycles. The minimum atomic E-state index is -0.169. The van der Waals surface area contributed by atoms with Crippen LogP contribution in [0.15, 0.2) is 53.1 Å². The molecule has 25 heavy (non-hydrogen) atoms. The van der Waals surface area contributed by atoms with Gasteiger partial charge >= 0.3 is 0 Å². The van der Waals surface area contributed by atoms with Crippen LogP contribution in [0.3, 0.4) is 0 Å². The third-order valence-corrected chi connectivity index (χ3v) is 5.02. The Morgan fingerprint density at radius 1 is 1.16 bits per heavy atom. The van der Waals surface area contributed by atoms with Gasteiger partial charge in [-0.15, -0.1) is 5.10 Å². The van der Waals surface area contributed by atoms with Crippen molar-refractivity contribution < 1.29 is 14.4 Å². The lowest BCUT2D eigenvalue weighted by molar-refractivity contribution is -0.929. The molecule has 130 valence electrons. The standard InChI is InChI=1S/C18H20N4O2S/c23-15-8-10-20(11-9-15)13-21-18(25)22(14-5-2-1-3-6-14)17(19-21)16-7-4-12-24-16/h1-7,12,15,23H,8-11,13H2/p+1. The van der Waals surface area contributed by atoms with Crippen molar-refractivity contribution in [2.45, 2.75) is 25.6 Å². The minimum absolute atomic E-state index is 0.169. The quantitative estimate of drug-likeness (QED) is 0.697. The zero-order valence-corrected chi connectivity index (χ0v) is 14.7. The number of aliphatic hydroxyl groups is 1. The Hall–Kier alpha value is -2.22. The largest absolute Gasteiger partial charge is 0.461 e. The molecular formula is C18H21N4O2S+. The van der Waals surface area contributed by atoms with E-state index in [0.717, 1.165) is 31.6 Å². The summed E-state index contributed by atoms with van der Waals surface area (Å²) in [6.07, 6.45) is 3.13. The van der Waals surface area contributed by atoms with E-state index in [9.17, 15) is 5.11 Å². The normalized spacial score (nSPS) is 20.7. The number of aromatic nitrogens is 3. The molecule has 0 spiro atoms. The van der Waals surface area contributed by atoms with Crippen LogP contribution in [0, 0.1) is 4.77 Å². The summed E-state index contributed by atoms with van der Waals surface area (Å²) in [7, 11) is 0. The monoisotopic (exact) mass is 357 g/mol. The number of likely N-dealkylation sites (tertiary alicyclic amines) is 1. The van der Waals surface area contributed by atoms with Crippen molar-refractivity contribution in [2.24, 2.45) is 0 Å². The first kappa shape index (κ1) is 16.3. The van der Waals surface area contributed by atoms with Gasteiger partial charge < -0.3 is 14.4 Å². The van der Waals surface area contributed by atoms with E-state index in [1.807, 2.05) is 51.7 Å². The zero-order valence-electron chi connectivity index (χ0n) is 13.8. The maximum absolute atomic E-state index is 9.70. The van der Waals surface area contributed by atoms with Crippen molar-refractivity contribution in [3.8, 4) is 17.3 Å². The van der Waals surface area contributed by atoms with E-state index in [1.165, 1.54) is 4.90 Å². The third kappa shape index (κ3) is 3.30. The van der Waals surface area contributed by atoms with E-state index in [2.05, 4.69) is 0 Å². The number of hydrogen-bond acceptors (Lipinski definition) is 4. The molecule has 0 unspecified atom stereocenters. The topological polar surface area (TPSA) is 60.6 Å². The molecule has 3 aromatic rings. The van der Waals surface area contributed by atoms with E-state index >= 15 is 0 Å². The summed E-state index contributed by atoms with van der Waals surface area (Å²) in [5.74, 6) is 1.40. The maximum atomic E-state index is 9.70. The molecule has 1 aliphatic heterocycles. The molecule has 7 heteroatoms. The highest BCUT2D eigenvalue weighted by Crippen LogP contribution is 2.22. The second-order valence-corrected chi connectivity index (χ2v) is 6.76. The number of rotatable bonds is 4. The van der Waals surface area contributed by atoms with Crippen LogP contribution in [0.2, 0.25) is 0 Å². The molecule has 0 bridgehead atoms. The summed E-state index contributed by atoms with van der Waals surface area (Å²) in [4.78, 5) is 1.38. The number of para-hydroxylation sites is 1. The van der Waals surface area contributed by atoms with E-state index in [4.69, 9.17) is 21.7 Å². The molecule has 4 rings (SSSR count). The first-order valence-electron chi connectivity index (χ1n) is 8.53. The van der Waals surface area contributed by atoms with Crippen molar-refractivity contribution in [1.82, 2.24) is 14.3 Å². The van der Waals surface area contributed by atoms with E-state index in [1.54, 1.807) is 6.26 Å². The van der Waals surface area contributed by atoms with Crippen molar-refractivity contribution in [3.05, 3.63) is 53.5 Å². The number of aliphatic hydroxyl groups excluding tert-OH is 1. The van der Waals surface area contributed by atoms with Crippen molar-refractivity contribution in [2.75, 3.05) is 13.1 Å². The molecule has 0 atom stereocenters. The minimum Gasteiger partial charge on any atom is -0.461 e. The van der Waals surface area contributed by atoms with Crippen LogP contribution in [-0.2, 0) is 6.67 Å². The Balaban J connectivity index is 1.73. The maximum Gasteiger partial charge on any atom is 0.207 e. The Bertz CT molecular complexity index is 878. The van der Waals surface area contributed by atoms with Gasteiger partial charge in [0.1, 0.15) is 0 Å². The molecule has 1 aromatic carbocycles. The van der Waals surface area contributed by atoms with Gasteiger partial charge in [0.15, 0.2) is 12.4 Å². The van der Waals surface area contributed by atoms with Crippen LogP contribution in [0.5, 0.6) is 0 Å². The number of furan rings is 1. The summed E-state index contributed by atoms with van der Waals surface area (Å²) < 4.78 is 10.0. The number of hydrogen-bond donors (Lipinski definition) is 2. The summed E-state index contributed by atoms with van der Waals surface area (Å²) in [6, 6.07) is 13.7. The fourth-order valence-electron chi connectivity index (χ4n) is 3.27. The summed E-state index contributed by atoms with van der Waals surface area (Å²) in [5, 5.41) is 14.4. The predicted octanol–water partition coefficient (Wildman–Crippen LogP) is 1.66. The smallest absolute Gasteiger partial charge is 0.207 e. The van der Waals surface area contributed by atoms with Crippen LogP contribution >= 0.6 is 12.2 Å². The molecule has 0 radical (unpaired) electrons. The van der Waals surface area contributed by atoms with Gasteiger partial charge in [-0.2, -0.15) is 4.68 Å². The number of nitrogens with one attached hydrogen (secondary N) is 1. The summed E-state index contributed by atoms with van der Waals surface area (Å²) in [5.41, 5.74) is 0.967. The number of piperidine rings is 1. The Morgan fingerprint density at radius 3 is 2.60 bits per heavy atom. The van der Waals surface area contributed by atoms with Crippen LogP contribution in [0.4, 0.5) is 0 Å². The number of quaternary nitrogens is 1. The van der Waals surface area contributed by atoms with Crippen molar-refractivity contribution in [1.29, 1.82) is 0 Å². The van der Waals surface area contributed by atoms with Crippen LogP contribution < -0.4 is 4.90 Å². The number of nitrogens with zero attached hydrogens (tertiary/aromatic N) is 3. The molecule has 3 heterocycles. The molecule has 6 nitrogen and oxygen atoms in total. The fourth-order valence-corrected chi connectivity index (χ4v) is 3.56. The summed E-state index contributed by atoms with van der Waals surface area (Å²) >= 11 is 5.72. The lowest BCUT2D eigenvalue weighted by Gasteiger charge is -2.26. The van der Waals surface area contributed by atoms with Gasteiger partial charge in [-0.25, -0.2) is 0 Å². The first-order valence-corrected chi connectivity index (χ1v) is 8.94. The van der Waals surface area contributed by atoms with Crippen LogP contribution in [0.25, 0.3) is 17.3 Å². The Labute approximate surface area is 150 Å². The molecule has 2 aromatic heterocycles. The average molecular weight is 357 g/mol. The molecular weight excluding hydrogens is 336 g/mol. The van der Waals surface area contributed by atoms with Gasteiger partial charge in [0, 0.05) is 12.8 Å². The van der Waals surface area contributed by atoms with E-state index < -0.39 is 0 Å². The molecule has 0 saturated carbocycles. The van der Waals surface area contributed by atoms with Gasteiger partial charge in [-0.1, -0.05) is 18.2 Å². The SMILES string of the molecule is OC1CC[NH+](Cn2nc(-c3ccco3)n(-c3ccccc3)c2=S)CC1. The van der Waals surface area contributed by atoms with E-state index in [-0.39, 0.29) is 6.10 Å². The van der Waals surface area contributed by atoms with Gasteiger partial charge in [0.2, 0.25) is 10.6 Å². The van der Waals surface area contributed by atoms with Gasteiger partial charge in [-0.3, -0.25) is 4.57 Å². The molecule has 0 aliphatic carbocycles. The highest BCUT2D eigenvalue weighted by Gasteiger charge is 2.23. The Morgan fingerprint density at radius 2 is 1.92 bits per heavy atom. The first-order chi connectivity index (χ1) is 12.2. The lowest BCUT2D eigenvalue weighted by atomic mass is 10.1. The average Bonchev–Trinajstić information content (AvgIpc) is 3.26. The predicted molar refractivity (Wildman–Crippen MR) is 96.0 cm³/mol. The zero-order chi connectivity index (χ0) is 17.2. The third-order valence-electron chi connectivity index (χ3n) is 4.63. The summed E-state index contributed by atoms with van der Waals surface area (Å²) in [6.45, 7) is 2.55. The Kier molecular flexibility index (Phi) is 4.52. The fraction of sp³-hybridized carbons (Fsp3) is 0.333. The van der Waals surface area contributed by atoms with Crippen molar-refractivity contribution >= 4 is 12.2 Å². The second-order valence-electron chi connectivity index (χ2n) is 6.39. The van der Waals surface area contributed by atoms with E-state index in [0.29, 0.717) is 23.0 Å². The molecule has 1 fully saturated rings. The highest BCUT2D eigenvalue weighted by molar-refractivity contribution is 7.71. The van der Waals surface area contributed by atoms with Crippen molar-refractivity contribution in [3.63, 3.8) is 0 Å². The van der Waals surface area contributed by atoms with Crippen LogP contribution in [-0.4, -0.2) is 38.6 Å². The molecule has 2 N–H and O–H groups in total. The van der Waals surface area contributed by atoms with Gasteiger partial charge in [0.05, 0.1) is 31.1 Å². The molecule has 1 aliphatic rings. The lowest BCUT2D eigenvalue weighted by Crippen LogP contribution is -3.12. The molecule has 0 amide bonds. The van der Waals surface area contributed by atoms with Crippen LogP contribution in [0.1, 0.15) is 12.8 Å².